The van der Waals surface area contributed by atoms with Crippen LogP contribution in [0.2, 0.25) is 0 Å². The zero-order valence-electron chi connectivity index (χ0n) is 8.95. The van der Waals surface area contributed by atoms with Crippen molar-refractivity contribution in [1.29, 1.82) is 0 Å². The summed E-state index contributed by atoms with van der Waals surface area (Å²) in [4.78, 5) is 12.3. The van der Waals surface area contributed by atoms with Crippen molar-refractivity contribution in [3.8, 4) is 5.75 Å². The number of nitrogens with one attached hydrogen (secondary N) is 1. The number of methoxy groups -OCH3 is 1. The SMILES string of the molecule is C/C=C/CCNC(=O)c1sccc1OC. The van der Waals surface area contributed by atoms with Crippen LogP contribution in [0.3, 0.4) is 0 Å². The van der Waals surface area contributed by atoms with Gasteiger partial charge in [-0.15, -0.1) is 11.3 Å². The summed E-state index contributed by atoms with van der Waals surface area (Å²) in [6.45, 7) is 2.62. The fourth-order valence-corrected chi connectivity index (χ4v) is 1.91. The summed E-state index contributed by atoms with van der Waals surface area (Å²) >= 11 is 1.39. The molecule has 0 fully saturated rings. The lowest BCUT2D eigenvalue weighted by atomic mass is 10.3. The highest BCUT2D eigenvalue weighted by molar-refractivity contribution is 7.12. The van der Waals surface area contributed by atoms with E-state index in [9.17, 15) is 4.79 Å². The molecule has 1 aromatic rings. The molecule has 4 heteroatoms. The monoisotopic (exact) mass is 225 g/mol. The van der Waals surface area contributed by atoms with Gasteiger partial charge in [0.1, 0.15) is 10.6 Å². The van der Waals surface area contributed by atoms with Crippen LogP contribution in [0.25, 0.3) is 0 Å². The summed E-state index contributed by atoms with van der Waals surface area (Å²) in [6.07, 6.45) is 4.85. The predicted octanol–water partition coefficient (Wildman–Crippen LogP) is 2.45. The molecule has 1 aromatic heterocycles. The highest BCUT2D eigenvalue weighted by atomic mass is 32.1. The standard InChI is InChI=1S/C11H15NO2S/c1-3-4-5-7-12-11(13)10-9(14-2)6-8-15-10/h3-4,6,8H,5,7H2,1-2H3,(H,12,13)/b4-3+. The highest BCUT2D eigenvalue weighted by Gasteiger charge is 2.12. The third-order valence-corrected chi connectivity index (χ3v) is 2.78. The molecule has 0 spiro atoms. The number of carbonyl (C=O) groups excluding carboxylic acids is 1. The van der Waals surface area contributed by atoms with Gasteiger partial charge < -0.3 is 10.1 Å². The molecule has 1 amide bonds. The van der Waals surface area contributed by atoms with Crippen LogP contribution in [-0.4, -0.2) is 19.6 Å². The van der Waals surface area contributed by atoms with Gasteiger partial charge in [0.25, 0.3) is 5.91 Å². The summed E-state index contributed by atoms with van der Waals surface area (Å²) in [5, 5.41) is 4.68. The van der Waals surface area contributed by atoms with E-state index in [0.717, 1.165) is 6.42 Å². The van der Waals surface area contributed by atoms with E-state index in [1.165, 1.54) is 11.3 Å². The second kappa shape index (κ2) is 6.24. The number of ether oxygens (including phenoxy) is 1. The van der Waals surface area contributed by atoms with E-state index in [2.05, 4.69) is 5.32 Å². The van der Waals surface area contributed by atoms with Crippen LogP contribution in [0, 0.1) is 0 Å². The van der Waals surface area contributed by atoms with Crippen molar-refractivity contribution in [2.45, 2.75) is 13.3 Å². The molecule has 0 aliphatic heterocycles. The molecule has 15 heavy (non-hydrogen) atoms. The van der Waals surface area contributed by atoms with Gasteiger partial charge in [0.15, 0.2) is 0 Å². The largest absolute Gasteiger partial charge is 0.495 e. The van der Waals surface area contributed by atoms with Crippen molar-refractivity contribution < 1.29 is 9.53 Å². The Morgan fingerprint density at radius 3 is 3.13 bits per heavy atom. The molecule has 0 radical (unpaired) electrons. The van der Waals surface area contributed by atoms with Crippen molar-refractivity contribution in [1.82, 2.24) is 5.32 Å². The molecule has 0 bridgehead atoms. The Labute approximate surface area is 93.8 Å². The molecular formula is C11H15NO2S. The number of hydrogen-bond donors (Lipinski definition) is 1. The van der Waals surface area contributed by atoms with E-state index in [1.807, 2.05) is 24.5 Å². The fourth-order valence-electron chi connectivity index (χ4n) is 1.14. The smallest absolute Gasteiger partial charge is 0.265 e. The highest BCUT2D eigenvalue weighted by Crippen LogP contribution is 2.23. The van der Waals surface area contributed by atoms with Gasteiger partial charge in [-0.2, -0.15) is 0 Å². The minimum absolute atomic E-state index is 0.0636. The first-order valence-electron chi connectivity index (χ1n) is 4.80. The average Bonchev–Trinajstić information content (AvgIpc) is 2.72. The van der Waals surface area contributed by atoms with E-state index in [-0.39, 0.29) is 5.91 Å². The molecule has 0 unspecified atom stereocenters. The first-order chi connectivity index (χ1) is 7.29. The van der Waals surface area contributed by atoms with E-state index in [0.29, 0.717) is 17.2 Å². The van der Waals surface area contributed by atoms with Crippen LogP contribution in [0.4, 0.5) is 0 Å². The van der Waals surface area contributed by atoms with E-state index < -0.39 is 0 Å². The quantitative estimate of drug-likeness (QED) is 0.617. The summed E-state index contributed by atoms with van der Waals surface area (Å²) < 4.78 is 5.07. The maximum Gasteiger partial charge on any atom is 0.265 e. The van der Waals surface area contributed by atoms with Gasteiger partial charge >= 0.3 is 0 Å². The van der Waals surface area contributed by atoms with Crippen molar-refractivity contribution in [2.24, 2.45) is 0 Å². The first-order valence-corrected chi connectivity index (χ1v) is 5.68. The average molecular weight is 225 g/mol. The van der Waals surface area contributed by atoms with Gasteiger partial charge in [-0.25, -0.2) is 0 Å². The van der Waals surface area contributed by atoms with Crippen molar-refractivity contribution in [3.63, 3.8) is 0 Å². The Morgan fingerprint density at radius 2 is 2.47 bits per heavy atom. The molecule has 1 heterocycles. The first kappa shape index (κ1) is 11.8. The van der Waals surface area contributed by atoms with Gasteiger partial charge in [0, 0.05) is 6.54 Å². The molecule has 1 rings (SSSR count). The zero-order valence-corrected chi connectivity index (χ0v) is 9.76. The molecule has 0 aromatic carbocycles. The number of rotatable bonds is 5. The molecule has 3 nitrogen and oxygen atoms in total. The van der Waals surface area contributed by atoms with Gasteiger partial charge in [-0.05, 0) is 24.8 Å². The summed E-state index contributed by atoms with van der Waals surface area (Å²) in [6, 6.07) is 1.80. The lowest BCUT2D eigenvalue weighted by Gasteiger charge is -2.03. The van der Waals surface area contributed by atoms with Crippen LogP contribution in [0.5, 0.6) is 5.75 Å². The number of allylic oxidation sites excluding steroid dienone is 1. The number of hydrogen-bond acceptors (Lipinski definition) is 3. The molecule has 0 aliphatic rings. The number of thiophene rings is 1. The van der Waals surface area contributed by atoms with Gasteiger partial charge in [-0.1, -0.05) is 12.2 Å². The number of amides is 1. The predicted molar refractivity (Wildman–Crippen MR) is 62.6 cm³/mol. The Hall–Kier alpha value is -1.29. The Bertz CT molecular complexity index is 344. The molecular weight excluding hydrogens is 210 g/mol. The number of carbonyl (C=O) groups is 1. The van der Waals surface area contributed by atoms with Crippen LogP contribution in [0.1, 0.15) is 23.0 Å². The van der Waals surface area contributed by atoms with Crippen LogP contribution < -0.4 is 10.1 Å². The Balaban J connectivity index is 2.46. The molecule has 82 valence electrons. The molecule has 0 saturated heterocycles. The molecule has 0 aliphatic carbocycles. The van der Waals surface area contributed by atoms with Crippen molar-refractivity contribution in [2.75, 3.05) is 13.7 Å². The summed E-state index contributed by atoms with van der Waals surface area (Å²) in [7, 11) is 1.57. The topological polar surface area (TPSA) is 38.3 Å². The third kappa shape index (κ3) is 3.40. The molecule has 1 N–H and O–H groups in total. The van der Waals surface area contributed by atoms with Crippen LogP contribution in [0.15, 0.2) is 23.6 Å². The second-order valence-corrected chi connectivity index (χ2v) is 3.85. The third-order valence-electron chi connectivity index (χ3n) is 1.89. The molecule has 0 saturated carbocycles. The van der Waals surface area contributed by atoms with E-state index >= 15 is 0 Å². The Morgan fingerprint density at radius 1 is 1.67 bits per heavy atom. The lowest BCUT2D eigenvalue weighted by Crippen LogP contribution is -2.23. The van der Waals surface area contributed by atoms with Crippen LogP contribution >= 0.6 is 11.3 Å². The van der Waals surface area contributed by atoms with Gasteiger partial charge in [0.05, 0.1) is 7.11 Å². The summed E-state index contributed by atoms with van der Waals surface area (Å²) in [5.74, 6) is 0.579. The zero-order chi connectivity index (χ0) is 11.1. The minimum Gasteiger partial charge on any atom is -0.495 e. The van der Waals surface area contributed by atoms with Crippen molar-refractivity contribution >= 4 is 17.2 Å². The van der Waals surface area contributed by atoms with Crippen LogP contribution in [-0.2, 0) is 0 Å². The van der Waals surface area contributed by atoms with Crippen molar-refractivity contribution in [3.05, 3.63) is 28.5 Å². The van der Waals surface area contributed by atoms with E-state index in [1.54, 1.807) is 13.2 Å². The van der Waals surface area contributed by atoms with E-state index in [4.69, 9.17) is 4.74 Å². The maximum atomic E-state index is 11.6. The van der Waals surface area contributed by atoms with Gasteiger partial charge in [-0.3, -0.25) is 4.79 Å². The Kier molecular flexibility index (Phi) is 4.90. The van der Waals surface area contributed by atoms with Gasteiger partial charge in [0.2, 0.25) is 0 Å². The summed E-state index contributed by atoms with van der Waals surface area (Å²) in [5.41, 5.74) is 0. The fraction of sp³-hybridized carbons (Fsp3) is 0.364. The normalized spacial score (nSPS) is 10.5. The maximum absolute atomic E-state index is 11.6. The molecule has 0 atom stereocenters. The lowest BCUT2D eigenvalue weighted by molar-refractivity contribution is 0.0955. The minimum atomic E-state index is -0.0636. The second-order valence-electron chi connectivity index (χ2n) is 2.93.